The molecule has 0 unspecified atom stereocenters. The molecule has 3 heterocycles. The molecule has 1 aromatic carbocycles. The zero-order valence-electron chi connectivity index (χ0n) is 13.3. The van der Waals surface area contributed by atoms with Gasteiger partial charge in [0.25, 0.3) is 0 Å². The Bertz CT molecular complexity index is 1050. The summed E-state index contributed by atoms with van der Waals surface area (Å²) in [5.74, 6) is 1.78. The van der Waals surface area contributed by atoms with E-state index in [-0.39, 0.29) is 6.61 Å². The van der Waals surface area contributed by atoms with Crippen LogP contribution in [0.3, 0.4) is 0 Å². The van der Waals surface area contributed by atoms with Crippen LogP contribution in [-0.4, -0.2) is 24.8 Å². The molecule has 4 aromatic rings. The molecule has 26 heavy (non-hydrogen) atoms. The molecule has 0 spiro atoms. The van der Waals surface area contributed by atoms with Crippen molar-refractivity contribution in [3.05, 3.63) is 70.7 Å². The van der Waals surface area contributed by atoms with Crippen LogP contribution < -0.4 is 10.1 Å². The molecule has 9 heteroatoms. The number of hydrogen-bond acceptors (Lipinski definition) is 6. The smallest absolute Gasteiger partial charge is 0.192 e. The summed E-state index contributed by atoms with van der Waals surface area (Å²) in [6, 6.07) is 14.4. The van der Waals surface area contributed by atoms with E-state index in [9.17, 15) is 0 Å². The van der Waals surface area contributed by atoms with E-state index in [0.29, 0.717) is 33.2 Å². The first kappa shape index (κ1) is 16.6. The van der Waals surface area contributed by atoms with E-state index < -0.39 is 0 Å². The van der Waals surface area contributed by atoms with Crippen LogP contribution in [0.1, 0.15) is 5.82 Å². The fourth-order valence-corrected chi connectivity index (χ4v) is 2.60. The quantitative estimate of drug-likeness (QED) is 0.519. The molecule has 3 aromatic heterocycles. The number of nitrogens with one attached hydrogen (secondary N) is 1. The van der Waals surface area contributed by atoms with Crippen LogP contribution in [0.15, 0.2) is 54.7 Å². The van der Waals surface area contributed by atoms with Crippen molar-refractivity contribution >= 4 is 40.4 Å². The van der Waals surface area contributed by atoms with Gasteiger partial charge in [-0.2, -0.15) is 4.52 Å². The highest BCUT2D eigenvalue weighted by atomic mass is 35.5. The zero-order valence-corrected chi connectivity index (χ0v) is 14.8. The van der Waals surface area contributed by atoms with Crippen molar-refractivity contribution in [3.8, 4) is 5.75 Å². The van der Waals surface area contributed by atoms with Gasteiger partial charge in [-0.25, -0.2) is 4.98 Å². The van der Waals surface area contributed by atoms with Crippen molar-refractivity contribution in [2.75, 3.05) is 5.32 Å². The number of nitrogens with zero attached hydrogens (tertiary/aromatic N) is 5. The molecule has 0 amide bonds. The maximum atomic E-state index is 6.01. The number of halogens is 2. The minimum Gasteiger partial charge on any atom is -0.484 e. The standard InChI is InChI=1S/C17H12Cl2N6O/c18-11-2-1-3-12(8-11)21-15-6-7-16-22-23-17(25(16)24-15)10-26-13-4-5-14(19)20-9-13/h1-9H,10H2,(H,21,24). The first-order chi connectivity index (χ1) is 12.7. The number of pyridine rings is 1. The summed E-state index contributed by atoms with van der Waals surface area (Å²) in [6.07, 6.45) is 1.55. The molecular formula is C17H12Cl2N6O. The summed E-state index contributed by atoms with van der Waals surface area (Å²) < 4.78 is 7.29. The van der Waals surface area contributed by atoms with Crippen LogP contribution in [-0.2, 0) is 6.61 Å². The molecule has 0 aliphatic heterocycles. The summed E-state index contributed by atoms with van der Waals surface area (Å²) in [5, 5.41) is 17.0. The van der Waals surface area contributed by atoms with Gasteiger partial charge in [0.15, 0.2) is 17.3 Å². The minimum absolute atomic E-state index is 0.193. The van der Waals surface area contributed by atoms with Gasteiger partial charge in [0, 0.05) is 10.7 Å². The van der Waals surface area contributed by atoms with Crippen molar-refractivity contribution in [1.29, 1.82) is 0 Å². The number of benzene rings is 1. The van der Waals surface area contributed by atoms with Gasteiger partial charge in [0.2, 0.25) is 0 Å². The average molecular weight is 387 g/mol. The van der Waals surface area contributed by atoms with Crippen molar-refractivity contribution < 1.29 is 4.74 Å². The summed E-state index contributed by atoms with van der Waals surface area (Å²) >= 11 is 11.8. The Morgan fingerprint density at radius 1 is 1.04 bits per heavy atom. The Morgan fingerprint density at radius 3 is 2.77 bits per heavy atom. The van der Waals surface area contributed by atoms with Gasteiger partial charge in [-0.3, -0.25) is 0 Å². The normalized spacial score (nSPS) is 10.8. The molecule has 130 valence electrons. The molecule has 0 fully saturated rings. The lowest BCUT2D eigenvalue weighted by Crippen LogP contribution is -2.05. The summed E-state index contributed by atoms with van der Waals surface area (Å²) in [4.78, 5) is 3.97. The van der Waals surface area contributed by atoms with E-state index in [1.165, 1.54) is 0 Å². The SMILES string of the molecule is Clc1cccc(Nc2ccc3nnc(COc4ccc(Cl)nc4)n3n2)c1. The van der Waals surface area contributed by atoms with E-state index in [1.54, 1.807) is 22.8 Å². The lowest BCUT2D eigenvalue weighted by Gasteiger charge is -2.07. The Balaban J connectivity index is 1.55. The van der Waals surface area contributed by atoms with Crippen molar-refractivity contribution in [3.63, 3.8) is 0 Å². The van der Waals surface area contributed by atoms with Crippen LogP contribution in [0.4, 0.5) is 11.5 Å². The maximum absolute atomic E-state index is 6.01. The van der Waals surface area contributed by atoms with Gasteiger partial charge in [-0.15, -0.1) is 15.3 Å². The number of hydrogen-bond donors (Lipinski definition) is 1. The summed E-state index contributed by atoms with van der Waals surface area (Å²) in [7, 11) is 0. The summed E-state index contributed by atoms with van der Waals surface area (Å²) in [6.45, 7) is 0.193. The Labute approximate surface area is 158 Å². The highest BCUT2D eigenvalue weighted by Crippen LogP contribution is 2.19. The first-order valence-electron chi connectivity index (χ1n) is 7.66. The molecule has 0 aliphatic carbocycles. The molecular weight excluding hydrogens is 375 g/mol. The molecule has 7 nitrogen and oxygen atoms in total. The van der Waals surface area contributed by atoms with Crippen LogP contribution >= 0.6 is 23.2 Å². The van der Waals surface area contributed by atoms with E-state index in [0.717, 1.165) is 5.69 Å². The molecule has 0 aliphatic rings. The van der Waals surface area contributed by atoms with Gasteiger partial charge in [0.05, 0.1) is 6.20 Å². The second kappa shape index (κ2) is 7.15. The number of rotatable bonds is 5. The third-order valence-electron chi connectivity index (χ3n) is 3.49. The third-order valence-corrected chi connectivity index (χ3v) is 3.95. The third kappa shape index (κ3) is 3.68. The van der Waals surface area contributed by atoms with E-state index in [1.807, 2.05) is 36.4 Å². The van der Waals surface area contributed by atoms with E-state index >= 15 is 0 Å². The van der Waals surface area contributed by atoms with Crippen LogP contribution in [0.2, 0.25) is 10.2 Å². The highest BCUT2D eigenvalue weighted by molar-refractivity contribution is 6.30. The minimum atomic E-state index is 0.193. The van der Waals surface area contributed by atoms with Crippen molar-refractivity contribution in [2.24, 2.45) is 0 Å². The van der Waals surface area contributed by atoms with Gasteiger partial charge in [-0.1, -0.05) is 29.3 Å². The fraction of sp³-hybridized carbons (Fsp3) is 0.0588. The predicted octanol–water partition coefficient (Wildman–Crippen LogP) is 4.15. The van der Waals surface area contributed by atoms with Crippen LogP contribution in [0.25, 0.3) is 5.65 Å². The molecule has 0 bridgehead atoms. The molecule has 0 saturated carbocycles. The lowest BCUT2D eigenvalue weighted by atomic mass is 10.3. The lowest BCUT2D eigenvalue weighted by molar-refractivity contribution is 0.291. The molecule has 0 atom stereocenters. The second-order valence-corrected chi connectivity index (χ2v) is 6.17. The number of ether oxygens (including phenoxy) is 1. The summed E-state index contributed by atoms with van der Waals surface area (Å²) in [5.41, 5.74) is 1.46. The Kier molecular flexibility index (Phi) is 4.55. The van der Waals surface area contributed by atoms with Crippen molar-refractivity contribution in [2.45, 2.75) is 6.61 Å². The largest absolute Gasteiger partial charge is 0.484 e. The maximum Gasteiger partial charge on any atom is 0.192 e. The number of anilines is 2. The topological polar surface area (TPSA) is 77.2 Å². The highest BCUT2D eigenvalue weighted by Gasteiger charge is 2.09. The number of aromatic nitrogens is 5. The van der Waals surface area contributed by atoms with E-state index in [2.05, 4.69) is 25.6 Å². The first-order valence-corrected chi connectivity index (χ1v) is 8.41. The predicted molar refractivity (Wildman–Crippen MR) is 99.1 cm³/mol. The Morgan fingerprint density at radius 2 is 1.96 bits per heavy atom. The van der Waals surface area contributed by atoms with Crippen LogP contribution in [0.5, 0.6) is 5.75 Å². The molecule has 0 saturated heterocycles. The monoisotopic (exact) mass is 386 g/mol. The zero-order chi connectivity index (χ0) is 17.9. The fourth-order valence-electron chi connectivity index (χ4n) is 2.30. The van der Waals surface area contributed by atoms with Gasteiger partial charge in [0.1, 0.15) is 17.5 Å². The van der Waals surface area contributed by atoms with Gasteiger partial charge >= 0.3 is 0 Å². The average Bonchev–Trinajstić information content (AvgIpc) is 3.04. The molecule has 1 N–H and O–H groups in total. The molecule has 0 radical (unpaired) electrons. The second-order valence-electron chi connectivity index (χ2n) is 5.35. The molecule has 4 rings (SSSR count). The number of fused-ring (bicyclic) bond motifs is 1. The van der Waals surface area contributed by atoms with Gasteiger partial charge < -0.3 is 10.1 Å². The Hall–Kier alpha value is -2.90. The van der Waals surface area contributed by atoms with Gasteiger partial charge in [-0.05, 0) is 42.5 Å². The van der Waals surface area contributed by atoms with Crippen LogP contribution in [0, 0.1) is 0 Å². The van der Waals surface area contributed by atoms with Crippen molar-refractivity contribution in [1.82, 2.24) is 24.8 Å². The van der Waals surface area contributed by atoms with E-state index in [4.69, 9.17) is 27.9 Å².